The van der Waals surface area contributed by atoms with Gasteiger partial charge in [-0.25, -0.2) is 0 Å². The number of nitrogens with zero attached hydrogens (tertiary/aromatic N) is 4. The first-order valence-corrected chi connectivity index (χ1v) is 17.1. The van der Waals surface area contributed by atoms with Crippen molar-refractivity contribution in [2.24, 2.45) is 0 Å². The number of rotatable bonds is 3. The van der Waals surface area contributed by atoms with Crippen LogP contribution in [0.15, 0.2) is 121 Å². The fourth-order valence-corrected chi connectivity index (χ4v) is 7.43. The van der Waals surface area contributed by atoms with Gasteiger partial charge in [0.2, 0.25) is 0 Å². The Kier molecular flexibility index (Phi) is 7.00. The third-order valence-corrected chi connectivity index (χ3v) is 10.1. The van der Waals surface area contributed by atoms with Crippen molar-refractivity contribution in [2.75, 3.05) is 0 Å². The molecule has 0 saturated carbocycles. The van der Waals surface area contributed by atoms with Crippen molar-refractivity contribution in [3.05, 3.63) is 144 Å². The van der Waals surface area contributed by atoms with Crippen molar-refractivity contribution in [1.82, 2.24) is 9.13 Å². The molecule has 8 rings (SSSR count). The largest absolute Gasteiger partial charge is 0.309 e. The number of para-hydroxylation sites is 1. The summed E-state index contributed by atoms with van der Waals surface area (Å²) >= 11 is 0. The number of fused-ring (bicyclic) bond motifs is 6. The van der Waals surface area contributed by atoms with E-state index in [1.807, 2.05) is 6.07 Å². The van der Waals surface area contributed by atoms with Crippen LogP contribution in [0, 0.1) is 22.7 Å². The fraction of sp³-hybridized carbons (Fsp3) is 0.174. The molecule has 0 bridgehead atoms. The Balaban J connectivity index is 1.48. The van der Waals surface area contributed by atoms with E-state index in [9.17, 15) is 10.5 Å². The second kappa shape index (κ2) is 11.2. The normalized spacial score (nSPS) is 12.2. The molecule has 50 heavy (non-hydrogen) atoms. The average molecular weight is 647 g/mol. The van der Waals surface area contributed by atoms with Crippen molar-refractivity contribution < 1.29 is 0 Å². The summed E-state index contributed by atoms with van der Waals surface area (Å²) in [6.45, 7) is 13.5. The zero-order chi connectivity index (χ0) is 34.9. The summed E-state index contributed by atoms with van der Waals surface area (Å²) < 4.78 is 4.54. The number of nitriles is 2. The number of aromatic nitrogens is 2. The molecule has 2 heterocycles. The topological polar surface area (TPSA) is 57.4 Å². The van der Waals surface area contributed by atoms with Crippen molar-refractivity contribution in [3.63, 3.8) is 0 Å². The summed E-state index contributed by atoms with van der Waals surface area (Å²) in [4.78, 5) is 0. The quantitative estimate of drug-likeness (QED) is 0.192. The first kappa shape index (κ1) is 31.2. The molecule has 0 aliphatic carbocycles. The zero-order valence-electron chi connectivity index (χ0n) is 29.3. The van der Waals surface area contributed by atoms with Gasteiger partial charge in [-0.2, -0.15) is 10.5 Å². The average Bonchev–Trinajstić information content (AvgIpc) is 3.62. The summed E-state index contributed by atoms with van der Waals surface area (Å²) in [5, 5.41) is 24.7. The second-order valence-corrected chi connectivity index (χ2v) is 15.4. The van der Waals surface area contributed by atoms with Gasteiger partial charge >= 0.3 is 0 Å². The lowest BCUT2D eigenvalue weighted by Crippen LogP contribution is -2.10. The van der Waals surface area contributed by atoms with Gasteiger partial charge in [0.05, 0.1) is 45.0 Å². The van der Waals surface area contributed by atoms with Crippen molar-refractivity contribution >= 4 is 43.6 Å². The molecule has 0 saturated heterocycles. The van der Waals surface area contributed by atoms with Crippen LogP contribution in [0.5, 0.6) is 0 Å². The molecule has 0 aliphatic heterocycles. The highest BCUT2D eigenvalue weighted by Crippen LogP contribution is 2.43. The van der Waals surface area contributed by atoms with Crippen LogP contribution in [0.2, 0.25) is 0 Å². The predicted molar refractivity (Wildman–Crippen MR) is 207 cm³/mol. The van der Waals surface area contributed by atoms with E-state index in [1.54, 1.807) is 12.1 Å². The Labute approximate surface area is 293 Å². The van der Waals surface area contributed by atoms with E-state index in [2.05, 4.69) is 166 Å². The molecule has 2 aromatic heterocycles. The minimum Gasteiger partial charge on any atom is -0.309 e. The SMILES string of the molecule is CC(C)(C)c1ccc2c(c1)c1ccc(-c3cccc4c3c3cc(C(C)(C)C)ccc3n4-c3cc(C#N)ccc3C#N)cc1n2-c1ccccc1. The smallest absolute Gasteiger partial charge is 0.101 e. The van der Waals surface area contributed by atoms with E-state index >= 15 is 0 Å². The van der Waals surface area contributed by atoms with Crippen LogP contribution in [0.3, 0.4) is 0 Å². The Morgan fingerprint density at radius 3 is 1.84 bits per heavy atom. The van der Waals surface area contributed by atoms with Crippen molar-refractivity contribution in [2.45, 2.75) is 52.4 Å². The molecular weight excluding hydrogens is 609 g/mol. The Morgan fingerprint density at radius 2 is 1.18 bits per heavy atom. The Bertz CT molecular complexity index is 2730. The van der Waals surface area contributed by atoms with E-state index in [1.165, 1.54) is 27.4 Å². The number of hydrogen-bond donors (Lipinski definition) is 0. The van der Waals surface area contributed by atoms with Gasteiger partial charge in [0, 0.05) is 27.2 Å². The van der Waals surface area contributed by atoms with E-state index in [-0.39, 0.29) is 10.8 Å². The molecule has 0 atom stereocenters. The predicted octanol–water partition coefficient (Wildman–Crippen LogP) is 11.9. The molecule has 0 N–H and O–H groups in total. The third kappa shape index (κ3) is 4.88. The number of hydrogen-bond acceptors (Lipinski definition) is 2. The van der Waals surface area contributed by atoms with Gasteiger partial charge in [-0.05, 0) is 99.8 Å². The van der Waals surface area contributed by atoms with Crippen LogP contribution >= 0.6 is 0 Å². The lowest BCUT2D eigenvalue weighted by atomic mass is 9.86. The van der Waals surface area contributed by atoms with E-state index in [0.29, 0.717) is 16.8 Å². The van der Waals surface area contributed by atoms with E-state index < -0.39 is 0 Å². The molecule has 0 spiro atoms. The molecule has 0 radical (unpaired) electrons. The van der Waals surface area contributed by atoms with Gasteiger partial charge in [-0.1, -0.05) is 96.1 Å². The zero-order valence-corrected chi connectivity index (χ0v) is 29.3. The monoisotopic (exact) mass is 646 g/mol. The molecule has 8 aromatic rings. The maximum atomic E-state index is 10.2. The third-order valence-electron chi connectivity index (χ3n) is 10.1. The minimum atomic E-state index is -0.0580. The van der Waals surface area contributed by atoms with Gasteiger partial charge in [-0.15, -0.1) is 0 Å². The summed E-state index contributed by atoms with van der Waals surface area (Å²) in [5.74, 6) is 0. The van der Waals surface area contributed by atoms with Gasteiger partial charge in [0.15, 0.2) is 0 Å². The molecular formula is C46H38N4. The van der Waals surface area contributed by atoms with Crippen LogP contribution in [-0.2, 0) is 10.8 Å². The highest BCUT2D eigenvalue weighted by molar-refractivity contribution is 6.17. The summed E-state index contributed by atoms with van der Waals surface area (Å²) in [6, 6.07) is 47.4. The Morgan fingerprint density at radius 1 is 0.500 bits per heavy atom. The Hall–Kier alpha value is -6.10. The summed E-state index contributed by atoms with van der Waals surface area (Å²) in [7, 11) is 0. The first-order chi connectivity index (χ1) is 24.0. The van der Waals surface area contributed by atoms with E-state index in [0.717, 1.165) is 44.1 Å². The van der Waals surface area contributed by atoms with Gasteiger partial charge in [-0.3, -0.25) is 0 Å². The molecule has 0 amide bonds. The van der Waals surface area contributed by atoms with Gasteiger partial charge in [0.1, 0.15) is 6.07 Å². The highest BCUT2D eigenvalue weighted by atomic mass is 15.0. The lowest BCUT2D eigenvalue weighted by molar-refractivity contribution is 0.591. The minimum absolute atomic E-state index is 0.0310. The molecule has 0 unspecified atom stereocenters. The highest BCUT2D eigenvalue weighted by Gasteiger charge is 2.23. The van der Waals surface area contributed by atoms with Crippen molar-refractivity contribution in [1.29, 1.82) is 10.5 Å². The van der Waals surface area contributed by atoms with E-state index in [4.69, 9.17) is 0 Å². The van der Waals surface area contributed by atoms with Gasteiger partial charge < -0.3 is 9.13 Å². The molecule has 4 heteroatoms. The maximum absolute atomic E-state index is 10.2. The molecule has 0 aliphatic rings. The summed E-state index contributed by atoms with van der Waals surface area (Å²) in [5.41, 5.74) is 12.0. The lowest BCUT2D eigenvalue weighted by Gasteiger charge is -2.19. The number of benzene rings is 6. The van der Waals surface area contributed by atoms with Crippen LogP contribution in [0.25, 0.3) is 66.1 Å². The molecule has 6 aromatic carbocycles. The molecule has 4 nitrogen and oxygen atoms in total. The van der Waals surface area contributed by atoms with Crippen molar-refractivity contribution in [3.8, 4) is 34.6 Å². The first-order valence-electron chi connectivity index (χ1n) is 17.1. The summed E-state index contributed by atoms with van der Waals surface area (Å²) in [6.07, 6.45) is 0. The van der Waals surface area contributed by atoms with Crippen LogP contribution < -0.4 is 0 Å². The van der Waals surface area contributed by atoms with Crippen LogP contribution in [-0.4, -0.2) is 9.13 Å². The van der Waals surface area contributed by atoms with Gasteiger partial charge in [0.25, 0.3) is 0 Å². The standard InChI is InChI=1S/C46H38N4/c1-45(2,3)32-18-21-39-37(25-32)36-20-17-30(24-43(36)49(39)34-11-8-7-9-12-34)35-13-10-14-41-44(35)38-26-33(46(4,5)6)19-22-40(38)50(41)42-23-29(27-47)15-16-31(42)28-48/h7-26H,1-6H3. The van der Waals surface area contributed by atoms with Crippen LogP contribution in [0.4, 0.5) is 0 Å². The second-order valence-electron chi connectivity index (χ2n) is 15.4. The van der Waals surface area contributed by atoms with Crippen LogP contribution in [0.1, 0.15) is 63.8 Å². The molecule has 242 valence electrons. The fourth-order valence-electron chi connectivity index (χ4n) is 7.43. The molecule has 0 fully saturated rings. The maximum Gasteiger partial charge on any atom is 0.101 e.